The fourth-order valence-corrected chi connectivity index (χ4v) is 4.66. The summed E-state index contributed by atoms with van der Waals surface area (Å²) in [5.41, 5.74) is 2.68. The summed E-state index contributed by atoms with van der Waals surface area (Å²) in [5, 5.41) is 13.8. The van der Waals surface area contributed by atoms with Crippen LogP contribution in [0.5, 0.6) is 11.5 Å². The van der Waals surface area contributed by atoms with E-state index in [1.165, 1.54) is 11.8 Å². The molecule has 0 amide bonds. The van der Waals surface area contributed by atoms with Crippen molar-refractivity contribution in [3.05, 3.63) is 45.6 Å². The van der Waals surface area contributed by atoms with Gasteiger partial charge in [-0.05, 0) is 37.5 Å². The summed E-state index contributed by atoms with van der Waals surface area (Å²) >= 11 is 1.23. The molecular weight excluding hydrogens is 392 g/mol. The van der Waals surface area contributed by atoms with E-state index in [1.807, 2.05) is 12.1 Å². The first kappa shape index (κ1) is 19.4. The molecule has 1 atom stereocenters. The summed E-state index contributed by atoms with van der Waals surface area (Å²) < 4.78 is 15.9. The lowest BCUT2D eigenvalue weighted by molar-refractivity contribution is -0.139. The largest absolute Gasteiger partial charge is 0.465 e. The molecule has 1 unspecified atom stereocenters. The zero-order valence-corrected chi connectivity index (χ0v) is 16.8. The standard InChI is InChI=1S/C21H20N2O5S/c1-2-26-18(25)10-29-21-13(9-22)19(20-14(23-21)4-3-5-15(20)24)12-6-7-16-17(8-12)28-11-27-16/h6-8,19,23H,2-5,10-11H2,1H3. The average molecular weight is 412 g/mol. The first-order valence-electron chi connectivity index (χ1n) is 9.47. The number of esters is 1. The van der Waals surface area contributed by atoms with Crippen LogP contribution in [0, 0.1) is 11.3 Å². The van der Waals surface area contributed by atoms with Crippen LogP contribution < -0.4 is 14.8 Å². The molecule has 1 N–H and O–H groups in total. The highest BCUT2D eigenvalue weighted by molar-refractivity contribution is 8.03. The number of hydrogen-bond acceptors (Lipinski definition) is 8. The Labute approximate surface area is 172 Å². The van der Waals surface area contributed by atoms with Gasteiger partial charge in [0.2, 0.25) is 6.79 Å². The second-order valence-electron chi connectivity index (χ2n) is 6.79. The van der Waals surface area contributed by atoms with E-state index in [0.29, 0.717) is 40.7 Å². The number of Topliss-reactive ketones (excluding diaryl/α,β-unsaturated/α-hetero) is 1. The Hall–Kier alpha value is -2.92. The molecule has 3 aliphatic rings. The quantitative estimate of drug-likeness (QED) is 0.737. The zero-order valence-electron chi connectivity index (χ0n) is 15.9. The van der Waals surface area contributed by atoms with Gasteiger partial charge < -0.3 is 19.5 Å². The topological polar surface area (TPSA) is 97.7 Å². The molecule has 0 spiro atoms. The molecule has 1 aromatic rings. The van der Waals surface area contributed by atoms with E-state index < -0.39 is 5.92 Å². The molecule has 1 aromatic carbocycles. The summed E-state index contributed by atoms with van der Waals surface area (Å²) in [6.07, 6.45) is 1.95. The zero-order chi connectivity index (χ0) is 20.4. The Morgan fingerprint density at radius 2 is 2.17 bits per heavy atom. The Morgan fingerprint density at radius 3 is 2.97 bits per heavy atom. The van der Waals surface area contributed by atoms with Crippen molar-refractivity contribution in [2.75, 3.05) is 19.2 Å². The Morgan fingerprint density at radius 1 is 1.34 bits per heavy atom. The summed E-state index contributed by atoms with van der Waals surface area (Å²) in [5.74, 6) is 0.539. The third kappa shape index (κ3) is 3.70. The molecule has 2 aliphatic heterocycles. The fraction of sp³-hybridized carbons (Fsp3) is 0.381. The van der Waals surface area contributed by atoms with Crippen molar-refractivity contribution in [2.45, 2.75) is 32.1 Å². The molecule has 29 heavy (non-hydrogen) atoms. The van der Waals surface area contributed by atoms with Gasteiger partial charge in [0.25, 0.3) is 0 Å². The number of carbonyl (C=O) groups is 2. The average Bonchev–Trinajstić information content (AvgIpc) is 3.19. The molecule has 7 nitrogen and oxygen atoms in total. The van der Waals surface area contributed by atoms with Gasteiger partial charge in [0.1, 0.15) is 0 Å². The number of rotatable bonds is 5. The molecule has 2 heterocycles. The predicted octanol–water partition coefficient (Wildman–Crippen LogP) is 3.14. The second kappa shape index (κ2) is 8.21. The monoisotopic (exact) mass is 412 g/mol. The minimum Gasteiger partial charge on any atom is -0.465 e. The number of thioether (sulfide) groups is 1. The van der Waals surface area contributed by atoms with Crippen molar-refractivity contribution in [3.63, 3.8) is 0 Å². The van der Waals surface area contributed by atoms with Gasteiger partial charge in [0.15, 0.2) is 17.3 Å². The van der Waals surface area contributed by atoms with Crippen molar-refractivity contribution in [2.24, 2.45) is 0 Å². The minimum atomic E-state index is -0.497. The number of fused-ring (bicyclic) bond motifs is 1. The molecular formula is C21H20N2O5S. The number of benzene rings is 1. The van der Waals surface area contributed by atoms with Crippen molar-refractivity contribution in [3.8, 4) is 17.6 Å². The molecule has 0 aromatic heterocycles. The van der Waals surface area contributed by atoms with Gasteiger partial charge >= 0.3 is 5.97 Å². The Balaban J connectivity index is 1.75. The van der Waals surface area contributed by atoms with Gasteiger partial charge in [-0.15, -0.1) is 0 Å². The third-order valence-electron chi connectivity index (χ3n) is 5.03. The molecule has 150 valence electrons. The normalized spacial score (nSPS) is 20.1. The van der Waals surface area contributed by atoms with Crippen LogP contribution in [0.25, 0.3) is 0 Å². The number of nitrogens with zero attached hydrogens (tertiary/aromatic N) is 1. The maximum absolute atomic E-state index is 12.8. The van der Waals surface area contributed by atoms with Crippen molar-refractivity contribution >= 4 is 23.5 Å². The van der Waals surface area contributed by atoms with Gasteiger partial charge in [-0.25, -0.2) is 0 Å². The first-order chi connectivity index (χ1) is 14.1. The maximum atomic E-state index is 12.8. The number of ether oxygens (including phenoxy) is 3. The summed E-state index contributed by atoms with van der Waals surface area (Å²) in [7, 11) is 0. The van der Waals surface area contributed by atoms with Gasteiger partial charge in [-0.2, -0.15) is 5.26 Å². The number of ketones is 1. The van der Waals surface area contributed by atoms with Crippen LogP contribution in [0.2, 0.25) is 0 Å². The van der Waals surface area contributed by atoms with E-state index in [1.54, 1.807) is 13.0 Å². The van der Waals surface area contributed by atoms with Gasteiger partial charge in [0.05, 0.1) is 34.9 Å². The smallest absolute Gasteiger partial charge is 0.316 e. The number of nitrogens with one attached hydrogen (secondary N) is 1. The predicted molar refractivity (Wildman–Crippen MR) is 106 cm³/mol. The molecule has 0 bridgehead atoms. The van der Waals surface area contributed by atoms with E-state index in [4.69, 9.17) is 14.2 Å². The van der Waals surface area contributed by atoms with Crippen molar-refractivity contribution < 1.29 is 23.8 Å². The van der Waals surface area contributed by atoms with Gasteiger partial charge in [0, 0.05) is 17.7 Å². The molecule has 0 radical (unpaired) electrons. The Kier molecular flexibility index (Phi) is 5.49. The van der Waals surface area contributed by atoms with Crippen LogP contribution in [-0.2, 0) is 14.3 Å². The maximum Gasteiger partial charge on any atom is 0.316 e. The molecule has 1 aliphatic carbocycles. The second-order valence-corrected chi connectivity index (χ2v) is 7.77. The number of nitriles is 1. The first-order valence-corrected chi connectivity index (χ1v) is 10.5. The molecule has 8 heteroatoms. The van der Waals surface area contributed by atoms with Crippen LogP contribution in [0.1, 0.15) is 37.7 Å². The van der Waals surface area contributed by atoms with E-state index in [0.717, 1.165) is 24.1 Å². The van der Waals surface area contributed by atoms with Crippen LogP contribution >= 0.6 is 11.8 Å². The van der Waals surface area contributed by atoms with E-state index in [9.17, 15) is 14.9 Å². The lowest BCUT2D eigenvalue weighted by Gasteiger charge is -2.33. The third-order valence-corrected chi connectivity index (χ3v) is 6.02. The van der Waals surface area contributed by atoms with Crippen molar-refractivity contribution in [1.82, 2.24) is 5.32 Å². The number of allylic oxidation sites excluding steroid dienone is 3. The Bertz CT molecular complexity index is 976. The molecule has 4 rings (SSSR count). The lowest BCUT2D eigenvalue weighted by Crippen LogP contribution is -2.31. The highest BCUT2D eigenvalue weighted by atomic mass is 32.2. The number of carbonyl (C=O) groups excluding carboxylic acids is 2. The van der Waals surface area contributed by atoms with E-state index in [-0.39, 0.29) is 24.3 Å². The SMILES string of the molecule is CCOC(=O)CSC1=C(C#N)C(c2ccc3c(c2)OCO3)C2=C(CCCC2=O)N1. The van der Waals surface area contributed by atoms with E-state index >= 15 is 0 Å². The number of dihydropyridines is 1. The molecule has 0 saturated carbocycles. The highest BCUT2D eigenvalue weighted by Crippen LogP contribution is 2.46. The fourth-order valence-electron chi connectivity index (χ4n) is 3.80. The molecule has 0 saturated heterocycles. The summed E-state index contributed by atoms with van der Waals surface area (Å²) in [6, 6.07) is 7.76. The lowest BCUT2D eigenvalue weighted by atomic mass is 9.77. The molecule has 0 fully saturated rings. The van der Waals surface area contributed by atoms with E-state index in [2.05, 4.69) is 11.4 Å². The van der Waals surface area contributed by atoms with Crippen molar-refractivity contribution in [1.29, 1.82) is 5.26 Å². The van der Waals surface area contributed by atoms with Crippen LogP contribution in [0.15, 0.2) is 40.1 Å². The summed E-state index contributed by atoms with van der Waals surface area (Å²) in [4.78, 5) is 24.6. The number of hydrogen-bond donors (Lipinski definition) is 1. The van der Waals surface area contributed by atoms with Gasteiger partial charge in [-0.3, -0.25) is 9.59 Å². The van der Waals surface area contributed by atoms with Crippen LogP contribution in [-0.4, -0.2) is 30.9 Å². The van der Waals surface area contributed by atoms with Crippen LogP contribution in [0.3, 0.4) is 0 Å². The van der Waals surface area contributed by atoms with Gasteiger partial charge in [-0.1, -0.05) is 17.8 Å². The minimum absolute atomic E-state index is 0.0450. The highest BCUT2D eigenvalue weighted by Gasteiger charge is 2.37. The summed E-state index contributed by atoms with van der Waals surface area (Å²) in [6.45, 7) is 2.21. The van der Waals surface area contributed by atoms with Crippen LogP contribution in [0.4, 0.5) is 0 Å².